The smallest absolute Gasteiger partial charge is 0.398 e. The number of nitrogens with zero attached hydrogens (tertiary/aromatic N) is 3. The second-order valence-corrected chi connectivity index (χ2v) is 6.46. The summed E-state index contributed by atoms with van der Waals surface area (Å²) in [5, 5.41) is 3.90. The third-order valence-electron chi connectivity index (χ3n) is 4.65. The Morgan fingerprint density at radius 2 is 1.89 bits per heavy atom. The first kappa shape index (κ1) is 17.4. The van der Waals surface area contributed by atoms with E-state index in [-0.39, 0.29) is 5.82 Å². The number of hydrogen-bond donors (Lipinski definition) is 1. The molecule has 0 aliphatic carbocycles. The Kier molecular flexibility index (Phi) is 4.25. The summed E-state index contributed by atoms with van der Waals surface area (Å²) in [6.07, 6.45) is -2.47. The molecule has 0 fully saturated rings. The van der Waals surface area contributed by atoms with Gasteiger partial charge in [0.25, 0.3) is 0 Å². The maximum atomic E-state index is 12.7. The van der Waals surface area contributed by atoms with Gasteiger partial charge in [0.2, 0.25) is 11.7 Å². The highest BCUT2D eigenvalue weighted by molar-refractivity contribution is 5.66. The van der Waals surface area contributed by atoms with Crippen molar-refractivity contribution in [1.82, 2.24) is 10.1 Å². The van der Waals surface area contributed by atoms with Crippen LogP contribution in [0.15, 0.2) is 47.0 Å². The van der Waals surface area contributed by atoms with Crippen molar-refractivity contribution in [2.24, 2.45) is 0 Å². The largest absolute Gasteiger partial charge is 0.416 e. The molecular weight excluding hydrogens is 357 g/mol. The number of hydrogen-bond acceptors (Lipinski definition) is 5. The first-order chi connectivity index (χ1) is 12.9. The lowest BCUT2D eigenvalue weighted by Gasteiger charge is -2.30. The van der Waals surface area contributed by atoms with Crippen LogP contribution in [0, 0.1) is 0 Å². The van der Waals surface area contributed by atoms with Crippen LogP contribution in [0.5, 0.6) is 0 Å². The lowest BCUT2D eigenvalue weighted by molar-refractivity contribution is -0.137. The molecule has 0 spiro atoms. The van der Waals surface area contributed by atoms with E-state index < -0.39 is 11.7 Å². The molecule has 5 nitrogen and oxygen atoms in total. The number of alkyl halides is 3. The molecule has 1 aliphatic rings. The third kappa shape index (κ3) is 3.47. The van der Waals surface area contributed by atoms with Gasteiger partial charge in [-0.25, -0.2) is 0 Å². The number of nitrogen functional groups attached to an aromatic ring is 1. The summed E-state index contributed by atoms with van der Waals surface area (Å²) in [6.45, 7) is 1.26. The van der Waals surface area contributed by atoms with Gasteiger partial charge in [-0.05, 0) is 42.7 Å². The van der Waals surface area contributed by atoms with Crippen molar-refractivity contribution in [1.29, 1.82) is 0 Å². The Labute approximate surface area is 153 Å². The van der Waals surface area contributed by atoms with Crippen molar-refractivity contribution in [2.45, 2.75) is 25.6 Å². The first-order valence-corrected chi connectivity index (χ1v) is 8.54. The van der Waals surface area contributed by atoms with Crippen LogP contribution in [0.4, 0.5) is 24.5 Å². The van der Waals surface area contributed by atoms with Crippen molar-refractivity contribution in [3.8, 4) is 11.4 Å². The van der Waals surface area contributed by atoms with Gasteiger partial charge in [-0.3, -0.25) is 0 Å². The predicted octanol–water partition coefficient (Wildman–Crippen LogP) is 4.29. The van der Waals surface area contributed by atoms with Gasteiger partial charge in [-0.1, -0.05) is 23.4 Å². The van der Waals surface area contributed by atoms with Crippen LogP contribution >= 0.6 is 0 Å². The van der Waals surface area contributed by atoms with E-state index in [0.717, 1.165) is 48.5 Å². The van der Waals surface area contributed by atoms with E-state index in [1.807, 2.05) is 18.2 Å². The summed E-state index contributed by atoms with van der Waals surface area (Å²) >= 11 is 0. The first-order valence-electron chi connectivity index (χ1n) is 8.54. The quantitative estimate of drug-likeness (QED) is 0.693. The van der Waals surface area contributed by atoms with Crippen molar-refractivity contribution in [3.63, 3.8) is 0 Å². The van der Waals surface area contributed by atoms with E-state index in [1.165, 1.54) is 12.1 Å². The van der Waals surface area contributed by atoms with Gasteiger partial charge in [0.1, 0.15) is 0 Å². The molecule has 2 aromatic carbocycles. The van der Waals surface area contributed by atoms with E-state index in [1.54, 1.807) is 0 Å². The maximum absolute atomic E-state index is 12.7. The van der Waals surface area contributed by atoms with E-state index >= 15 is 0 Å². The Balaban J connectivity index is 1.54. The van der Waals surface area contributed by atoms with E-state index in [2.05, 4.69) is 15.0 Å². The predicted molar refractivity (Wildman–Crippen MR) is 95.0 cm³/mol. The fourth-order valence-corrected chi connectivity index (χ4v) is 3.30. The van der Waals surface area contributed by atoms with Gasteiger partial charge >= 0.3 is 6.18 Å². The third-order valence-corrected chi connectivity index (χ3v) is 4.65. The van der Waals surface area contributed by atoms with Crippen LogP contribution in [0.3, 0.4) is 0 Å². The molecule has 3 aromatic rings. The fraction of sp³-hybridized carbons (Fsp3) is 0.263. The Morgan fingerprint density at radius 3 is 2.63 bits per heavy atom. The van der Waals surface area contributed by atoms with Crippen LogP contribution < -0.4 is 10.6 Å². The average Bonchev–Trinajstić information content (AvgIpc) is 3.11. The van der Waals surface area contributed by atoms with Crippen LogP contribution in [0.25, 0.3) is 11.4 Å². The molecular formula is C19H17F3N4O. The second-order valence-electron chi connectivity index (χ2n) is 6.46. The molecule has 0 radical (unpaired) electrons. The molecule has 8 heteroatoms. The molecule has 4 rings (SSSR count). The summed E-state index contributed by atoms with van der Waals surface area (Å²) in [5.74, 6) is 0.670. The number of anilines is 2. The number of aromatic nitrogens is 2. The van der Waals surface area contributed by atoms with E-state index in [9.17, 15) is 13.2 Å². The highest BCUT2D eigenvalue weighted by Crippen LogP contribution is 2.33. The minimum Gasteiger partial charge on any atom is -0.398 e. The zero-order valence-corrected chi connectivity index (χ0v) is 14.3. The highest BCUT2D eigenvalue weighted by Gasteiger charge is 2.30. The topological polar surface area (TPSA) is 68.2 Å². The van der Waals surface area contributed by atoms with E-state index in [0.29, 0.717) is 18.0 Å². The van der Waals surface area contributed by atoms with Crippen LogP contribution in [0.2, 0.25) is 0 Å². The molecule has 140 valence electrons. The normalized spacial score (nSPS) is 14.3. The highest BCUT2D eigenvalue weighted by atomic mass is 19.4. The summed E-state index contributed by atoms with van der Waals surface area (Å²) in [6, 6.07) is 10.5. The fourth-order valence-electron chi connectivity index (χ4n) is 3.30. The van der Waals surface area contributed by atoms with Crippen LogP contribution in [0.1, 0.15) is 23.4 Å². The molecule has 0 amide bonds. The van der Waals surface area contributed by atoms with Gasteiger partial charge in [0.15, 0.2) is 0 Å². The number of benzene rings is 2. The summed E-state index contributed by atoms with van der Waals surface area (Å²) in [7, 11) is 0. The standard InChI is InChI=1S/C19H17F3N4O/c20-19(21,22)13-8-6-12(7-9-13)18-24-17(27-25-18)11-26-10-2-3-14-15(23)4-1-5-16(14)26/h1,4-9H,2-3,10-11,23H2. The Hall–Kier alpha value is -3.03. The minimum atomic E-state index is -4.37. The molecule has 1 aliphatic heterocycles. The Morgan fingerprint density at radius 1 is 1.11 bits per heavy atom. The SMILES string of the molecule is Nc1cccc2c1CCCN2Cc1nc(-c2ccc(C(F)(F)F)cc2)no1. The molecule has 0 bridgehead atoms. The Bertz CT molecular complexity index is 950. The number of fused-ring (bicyclic) bond motifs is 1. The van der Waals surface area contributed by atoms with Gasteiger partial charge in [-0.2, -0.15) is 18.2 Å². The van der Waals surface area contributed by atoms with Crippen molar-refractivity contribution < 1.29 is 17.7 Å². The molecule has 0 saturated carbocycles. The molecule has 2 heterocycles. The maximum Gasteiger partial charge on any atom is 0.416 e. The molecule has 27 heavy (non-hydrogen) atoms. The molecule has 0 atom stereocenters. The zero-order valence-electron chi connectivity index (χ0n) is 14.3. The van der Waals surface area contributed by atoms with E-state index in [4.69, 9.17) is 10.3 Å². The van der Waals surface area contributed by atoms with Crippen LogP contribution in [-0.2, 0) is 19.1 Å². The summed E-state index contributed by atoms with van der Waals surface area (Å²) in [4.78, 5) is 6.45. The lowest BCUT2D eigenvalue weighted by Crippen LogP contribution is -2.29. The lowest BCUT2D eigenvalue weighted by atomic mass is 10.00. The number of nitrogens with two attached hydrogens (primary N) is 1. The van der Waals surface area contributed by atoms with Gasteiger partial charge in [0, 0.05) is 23.5 Å². The summed E-state index contributed by atoms with van der Waals surface area (Å²) < 4.78 is 43.3. The number of halogens is 3. The summed E-state index contributed by atoms with van der Waals surface area (Å²) in [5.41, 5.74) is 8.76. The minimum absolute atomic E-state index is 0.267. The van der Waals surface area contributed by atoms with Crippen LogP contribution in [-0.4, -0.2) is 16.7 Å². The zero-order chi connectivity index (χ0) is 19.0. The monoisotopic (exact) mass is 374 g/mol. The van der Waals surface area contributed by atoms with Gasteiger partial charge in [-0.15, -0.1) is 0 Å². The van der Waals surface area contributed by atoms with Gasteiger partial charge in [0.05, 0.1) is 12.1 Å². The molecule has 2 N–H and O–H groups in total. The molecule has 1 aromatic heterocycles. The van der Waals surface area contributed by atoms with Gasteiger partial charge < -0.3 is 15.2 Å². The molecule has 0 unspecified atom stereocenters. The average molecular weight is 374 g/mol. The van der Waals surface area contributed by atoms with Crippen molar-refractivity contribution in [2.75, 3.05) is 17.2 Å². The second kappa shape index (κ2) is 6.61. The van der Waals surface area contributed by atoms with Crippen molar-refractivity contribution in [3.05, 3.63) is 59.5 Å². The molecule has 0 saturated heterocycles. The van der Waals surface area contributed by atoms with Crippen molar-refractivity contribution >= 4 is 11.4 Å². The number of rotatable bonds is 3.